The van der Waals surface area contributed by atoms with E-state index in [1.165, 1.54) is 16.7 Å². The van der Waals surface area contributed by atoms with Crippen LogP contribution in [0.15, 0.2) is 46.9 Å². The Morgan fingerprint density at radius 3 is 2.75 bits per heavy atom. The van der Waals surface area contributed by atoms with E-state index in [1.807, 2.05) is 12.1 Å². The topological polar surface area (TPSA) is 35.2 Å². The Morgan fingerprint density at radius 2 is 2.00 bits per heavy atom. The van der Waals surface area contributed by atoms with Crippen LogP contribution in [0.25, 0.3) is 0 Å². The zero-order valence-corrected chi connectivity index (χ0v) is 13.3. The minimum atomic E-state index is 0.596. The third-order valence-corrected chi connectivity index (χ3v) is 3.64. The SMILES string of the molecule is Cc1cccc(COc2ccc(Br)cc2CCCN)c1. The lowest BCUT2D eigenvalue weighted by Crippen LogP contribution is -2.03. The van der Waals surface area contributed by atoms with Gasteiger partial charge in [-0.3, -0.25) is 0 Å². The van der Waals surface area contributed by atoms with E-state index in [0.29, 0.717) is 13.2 Å². The molecule has 2 nitrogen and oxygen atoms in total. The molecule has 0 amide bonds. The minimum Gasteiger partial charge on any atom is -0.489 e. The van der Waals surface area contributed by atoms with Crippen LogP contribution in [0.4, 0.5) is 0 Å². The van der Waals surface area contributed by atoms with E-state index in [-0.39, 0.29) is 0 Å². The first-order chi connectivity index (χ1) is 9.69. The van der Waals surface area contributed by atoms with Gasteiger partial charge in [0.2, 0.25) is 0 Å². The maximum absolute atomic E-state index is 5.97. The molecular weight excluding hydrogens is 314 g/mol. The highest BCUT2D eigenvalue weighted by Crippen LogP contribution is 2.25. The predicted octanol–water partition coefficient (Wildman–Crippen LogP) is 4.23. The molecule has 0 bridgehead atoms. The zero-order chi connectivity index (χ0) is 14.4. The third-order valence-electron chi connectivity index (χ3n) is 3.15. The maximum atomic E-state index is 5.97. The number of halogens is 1. The molecule has 2 aromatic carbocycles. The van der Waals surface area contributed by atoms with Crippen molar-refractivity contribution in [2.45, 2.75) is 26.4 Å². The standard InChI is InChI=1S/C17H20BrNO/c1-13-4-2-5-14(10-13)12-20-17-8-7-16(18)11-15(17)6-3-9-19/h2,4-5,7-8,10-11H,3,6,9,12,19H2,1H3. The highest BCUT2D eigenvalue weighted by atomic mass is 79.9. The van der Waals surface area contributed by atoms with Crippen LogP contribution in [0.5, 0.6) is 5.75 Å². The largest absolute Gasteiger partial charge is 0.489 e. The van der Waals surface area contributed by atoms with Crippen molar-refractivity contribution in [3.63, 3.8) is 0 Å². The lowest BCUT2D eigenvalue weighted by molar-refractivity contribution is 0.302. The smallest absolute Gasteiger partial charge is 0.123 e. The summed E-state index contributed by atoms with van der Waals surface area (Å²) in [6.07, 6.45) is 1.91. The van der Waals surface area contributed by atoms with Crippen LogP contribution in [0.3, 0.4) is 0 Å². The minimum absolute atomic E-state index is 0.596. The average Bonchev–Trinajstić information content (AvgIpc) is 2.44. The van der Waals surface area contributed by atoms with E-state index in [2.05, 4.69) is 53.2 Å². The number of ether oxygens (including phenoxy) is 1. The van der Waals surface area contributed by atoms with Gasteiger partial charge >= 0.3 is 0 Å². The van der Waals surface area contributed by atoms with E-state index in [9.17, 15) is 0 Å². The molecule has 3 heteroatoms. The predicted molar refractivity (Wildman–Crippen MR) is 87.0 cm³/mol. The summed E-state index contributed by atoms with van der Waals surface area (Å²) in [5.41, 5.74) is 9.25. The van der Waals surface area contributed by atoms with Crippen LogP contribution >= 0.6 is 15.9 Å². The molecule has 0 aliphatic rings. The van der Waals surface area contributed by atoms with Crippen LogP contribution in [0.2, 0.25) is 0 Å². The quantitative estimate of drug-likeness (QED) is 0.858. The van der Waals surface area contributed by atoms with Gasteiger partial charge in [0.25, 0.3) is 0 Å². The summed E-state index contributed by atoms with van der Waals surface area (Å²) in [4.78, 5) is 0. The molecule has 2 rings (SSSR count). The molecule has 0 heterocycles. The molecule has 0 aliphatic heterocycles. The van der Waals surface area contributed by atoms with Crippen molar-refractivity contribution >= 4 is 15.9 Å². The van der Waals surface area contributed by atoms with Crippen molar-refractivity contribution in [1.29, 1.82) is 0 Å². The Labute approximate surface area is 129 Å². The fraction of sp³-hybridized carbons (Fsp3) is 0.294. The number of hydrogen-bond acceptors (Lipinski definition) is 2. The second-order valence-corrected chi connectivity index (χ2v) is 5.84. The maximum Gasteiger partial charge on any atom is 0.123 e. The van der Waals surface area contributed by atoms with Gasteiger partial charge in [0.05, 0.1) is 0 Å². The van der Waals surface area contributed by atoms with Crippen molar-refractivity contribution in [3.8, 4) is 5.75 Å². The van der Waals surface area contributed by atoms with Crippen LogP contribution in [0.1, 0.15) is 23.1 Å². The molecular formula is C17H20BrNO. The van der Waals surface area contributed by atoms with Gasteiger partial charge in [-0.15, -0.1) is 0 Å². The summed E-state index contributed by atoms with van der Waals surface area (Å²) in [7, 11) is 0. The Balaban J connectivity index is 2.08. The molecule has 20 heavy (non-hydrogen) atoms. The molecule has 2 aromatic rings. The Morgan fingerprint density at radius 1 is 1.15 bits per heavy atom. The molecule has 0 aromatic heterocycles. The van der Waals surface area contributed by atoms with Crippen LogP contribution in [-0.2, 0) is 13.0 Å². The molecule has 0 aliphatic carbocycles. The summed E-state index contributed by atoms with van der Waals surface area (Å²) < 4.78 is 7.04. The molecule has 0 atom stereocenters. The summed E-state index contributed by atoms with van der Waals surface area (Å²) in [5, 5.41) is 0. The lowest BCUT2D eigenvalue weighted by Gasteiger charge is -2.12. The van der Waals surface area contributed by atoms with Crippen LogP contribution in [-0.4, -0.2) is 6.54 Å². The molecule has 0 spiro atoms. The Kier molecular flexibility index (Phi) is 5.62. The van der Waals surface area contributed by atoms with E-state index in [4.69, 9.17) is 10.5 Å². The summed E-state index contributed by atoms with van der Waals surface area (Å²) in [6.45, 7) is 3.39. The van der Waals surface area contributed by atoms with Crippen molar-refractivity contribution < 1.29 is 4.74 Å². The van der Waals surface area contributed by atoms with E-state index in [1.54, 1.807) is 0 Å². The second-order valence-electron chi connectivity index (χ2n) is 4.92. The van der Waals surface area contributed by atoms with Crippen LogP contribution < -0.4 is 10.5 Å². The van der Waals surface area contributed by atoms with Crippen molar-refractivity contribution in [1.82, 2.24) is 0 Å². The van der Waals surface area contributed by atoms with Gasteiger partial charge in [-0.2, -0.15) is 0 Å². The lowest BCUT2D eigenvalue weighted by atomic mass is 10.1. The van der Waals surface area contributed by atoms with Gasteiger partial charge in [0.15, 0.2) is 0 Å². The van der Waals surface area contributed by atoms with Gasteiger partial charge in [-0.25, -0.2) is 0 Å². The first-order valence-electron chi connectivity index (χ1n) is 6.86. The van der Waals surface area contributed by atoms with Crippen molar-refractivity contribution in [2.75, 3.05) is 6.54 Å². The first-order valence-corrected chi connectivity index (χ1v) is 7.65. The van der Waals surface area contributed by atoms with Gasteiger partial charge in [-0.1, -0.05) is 45.8 Å². The number of nitrogens with two attached hydrogens (primary N) is 1. The molecule has 2 N–H and O–H groups in total. The van der Waals surface area contributed by atoms with E-state index in [0.717, 1.165) is 23.1 Å². The van der Waals surface area contributed by atoms with Gasteiger partial charge in [0, 0.05) is 4.47 Å². The average molecular weight is 334 g/mol. The molecule has 0 unspecified atom stereocenters. The second kappa shape index (κ2) is 7.46. The molecule has 0 saturated heterocycles. The fourth-order valence-electron chi connectivity index (χ4n) is 2.14. The van der Waals surface area contributed by atoms with Gasteiger partial charge in [-0.05, 0) is 55.6 Å². The summed E-state index contributed by atoms with van der Waals surface area (Å²) >= 11 is 3.51. The van der Waals surface area contributed by atoms with Crippen molar-refractivity contribution in [3.05, 3.63) is 63.6 Å². The number of rotatable bonds is 6. The highest BCUT2D eigenvalue weighted by Gasteiger charge is 2.05. The summed E-state index contributed by atoms with van der Waals surface area (Å²) in [6, 6.07) is 14.5. The van der Waals surface area contributed by atoms with E-state index < -0.39 is 0 Å². The summed E-state index contributed by atoms with van der Waals surface area (Å²) in [5.74, 6) is 0.947. The number of hydrogen-bond donors (Lipinski definition) is 1. The molecule has 0 saturated carbocycles. The third kappa shape index (κ3) is 4.36. The number of aryl methyl sites for hydroxylation is 2. The Hall–Kier alpha value is -1.32. The molecule has 0 radical (unpaired) electrons. The fourth-order valence-corrected chi connectivity index (χ4v) is 2.55. The van der Waals surface area contributed by atoms with E-state index >= 15 is 0 Å². The normalized spacial score (nSPS) is 10.6. The monoisotopic (exact) mass is 333 g/mol. The Bertz CT molecular complexity index is 569. The zero-order valence-electron chi connectivity index (χ0n) is 11.7. The number of benzene rings is 2. The molecule has 0 fully saturated rings. The van der Waals surface area contributed by atoms with Crippen molar-refractivity contribution in [2.24, 2.45) is 5.73 Å². The molecule has 106 valence electrons. The highest BCUT2D eigenvalue weighted by molar-refractivity contribution is 9.10. The van der Waals surface area contributed by atoms with Gasteiger partial charge in [0.1, 0.15) is 12.4 Å². The van der Waals surface area contributed by atoms with Gasteiger partial charge < -0.3 is 10.5 Å². The van der Waals surface area contributed by atoms with Crippen LogP contribution in [0, 0.1) is 6.92 Å². The first kappa shape index (κ1) is 15.1.